The van der Waals surface area contributed by atoms with E-state index in [1.165, 1.54) is 26.4 Å². The van der Waals surface area contributed by atoms with Crippen molar-refractivity contribution >= 4 is 17.5 Å². The van der Waals surface area contributed by atoms with Gasteiger partial charge in [0.1, 0.15) is 5.78 Å². The second-order valence-corrected chi connectivity index (χ2v) is 6.70. The van der Waals surface area contributed by atoms with Gasteiger partial charge in [-0.3, -0.25) is 14.4 Å². The molecule has 1 rings (SSSR count). The Balaban J connectivity index is 2.32. The van der Waals surface area contributed by atoms with Crippen LogP contribution in [0.1, 0.15) is 71.1 Å². The summed E-state index contributed by atoms with van der Waals surface area (Å²) >= 11 is 0. The van der Waals surface area contributed by atoms with Gasteiger partial charge in [0.05, 0.1) is 13.0 Å². The highest BCUT2D eigenvalue weighted by Gasteiger charge is 2.33. The van der Waals surface area contributed by atoms with Crippen molar-refractivity contribution in [1.82, 2.24) is 0 Å². The molecule has 2 unspecified atom stereocenters. The van der Waals surface area contributed by atoms with Crippen molar-refractivity contribution in [2.75, 3.05) is 7.11 Å². The average molecular weight is 348 g/mol. The third kappa shape index (κ3) is 8.28. The summed E-state index contributed by atoms with van der Waals surface area (Å²) in [5.74, 6) is -0.881. The van der Waals surface area contributed by atoms with E-state index in [1.54, 1.807) is 6.08 Å². The second kappa shape index (κ2) is 12.6. The molecule has 4 heteroatoms. The van der Waals surface area contributed by atoms with Crippen LogP contribution in [-0.2, 0) is 19.1 Å². The van der Waals surface area contributed by atoms with Crippen molar-refractivity contribution in [2.45, 2.75) is 71.1 Å². The van der Waals surface area contributed by atoms with Crippen LogP contribution in [0.25, 0.3) is 0 Å². The van der Waals surface area contributed by atoms with E-state index >= 15 is 0 Å². The lowest BCUT2D eigenvalue weighted by atomic mass is 9.87. The van der Waals surface area contributed by atoms with Crippen molar-refractivity contribution in [2.24, 2.45) is 11.8 Å². The zero-order valence-electron chi connectivity index (χ0n) is 15.7. The van der Waals surface area contributed by atoms with Crippen LogP contribution in [0.3, 0.4) is 0 Å². The van der Waals surface area contributed by atoms with E-state index < -0.39 is 5.92 Å². The van der Waals surface area contributed by atoms with Crippen molar-refractivity contribution < 1.29 is 19.1 Å². The number of ketones is 2. The molecule has 4 nitrogen and oxygen atoms in total. The number of unbranched alkanes of at least 4 members (excludes halogenated alkanes) is 6. The monoisotopic (exact) mass is 348 g/mol. The molecule has 0 fully saturated rings. The molecule has 0 bridgehead atoms. The minimum absolute atomic E-state index is 0.0219. The van der Waals surface area contributed by atoms with Crippen LogP contribution >= 0.6 is 0 Å². The third-order valence-electron chi connectivity index (χ3n) is 4.64. The highest BCUT2D eigenvalue weighted by atomic mass is 16.5. The van der Waals surface area contributed by atoms with Gasteiger partial charge >= 0.3 is 5.97 Å². The van der Waals surface area contributed by atoms with E-state index in [1.807, 2.05) is 12.2 Å². The van der Waals surface area contributed by atoms with Crippen LogP contribution in [0.5, 0.6) is 0 Å². The summed E-state index contributed by atoms with van der Waals surface area (Å²) in [6.07, 6.45) is 16.4. The molecular formula is C21H32O4. The molecular weight excluding hydrogens is 316 g/mol. The van der Waals surface area contributed by atoms with E-state index in [0.717, 1.165) is 25.7 Å². The Kier molecular flexibility index (Phi) is 10.8. The van der Waals surface area contributed by atoms with Gasteiger partial charge in [0.25, 0.3) is 0 Å². The molecule has 0 heterocycles. The Labute approximate surface area is 151 Å². The lowest BCUT2D eigenvalue weighted by Gasteiger charge is -2.13. The molecule has 0 aromatic heterocycles. The maximum Gasteiger partial charge on any atom is 0.305 e. The summed E-state index contributed by atoms with van der Waals surface area (Å²) in [4.78, 5) is 35.5. The molecule has 25 heavy (non-hydrogen) atoms. The van der Waals surface area contributed by atoms with Crippen LogP contribution < -0.4 is 0 Å². The normalized spacial score (nSPS) is 19.7. The topological polar surface area (TPSA) is 60.4 Å². The minimum atomic E-state index is -0.535. The SMILES string of the molecule is CCCCCCC=CC1C=CC(=O)C1C(=O)CCCCCC(=O)OC. The Hall–Kier alpha value is -1.71. The van der Waals surface area contributed by atoms with Crippen LogP contribution in [0.2, 0.25) is 0 Å². The molecule has 0 aromatic rings. The average Bonchev–Trinajstić information content (AvgIpc) is 2.97. The zero-order valence-corrected chi connectivity index (χ0v) is 15.7. The van der Waals surface area contributed by atoms with Gasteiger partial charge in [0.15, 0.2) is 5.78 Å². The molecule has 0 N–H and O–H groups in total. The fourth-order valence-corrected chi connectivity index (χ4v) is 3.10. The summed E-state index contributed by atoms with van der Waals surface area (Å²) in [7, 11) is 1.38. The summed E-state index contributed by atoms with van der Waals surface area (Å²) < 4.78 is 4.59. The number of Topliss-reactive ketones (excluding diaryl/α,β-unsaturated/α-hetero) is 1. The van der Waals surface area contributed by atoms with Crippen LogP contribution in [0, 0.1) is 11.8 Å². The van der Waals surface area contributed by atoms with Gasteiger partial charge in [-0.15, -0.1) is 0 Å². The van der Waals surface area contributed by atoms with Crippen LogP contribution in [-0.4, -0.2) is 24.6 Å². The fourth-order valence-electron chi connectivity index (χ4n) is 3.10. The number of carbonyl (C=O) groups is 3. The largest absolute Gasteiger partial charge is 0.469 e. The Morgan fingerprint density at radius 2 is 1.80 bits per heavy atom. The molecule has 0 aliphatic heterocycles. The first kappa shape index (κ1) is 21.3. The summed E-state index contributed by atoms with van der Waals surface area (Å²) in [5.41, 5.74) is 0. The number of hydrogen-bond donors (Lipinski definition) is 0. The number of hydrogen-bond acceptors (Lipinski definition) is 4. The minimum Gasteiger partial charge on any atom is -0.469 e. The highest BCUT2D eigenvalue weighted by molar-refractivity contribution is 6.10. The maximum absolute atomic E-state index is 12.4. The highest BCUT2D eigenvalue weighted by Crippen LogP contribution is 2.27. The third-order valence-corrected chi connectivity index (χ3v) is 4.64. The lowest BCUT2D eigenvalue weighted by Crippen LogP contribution is -2.24. The maximum atomic E-state index is 12.4. The van der Waals surface area contributed by atoms with E-state index in [2.05, 4.69) is 17.7 Å². The van der Waals surface area contributed by atoms with Gasteiger partial charge in [0.2, 0.25) is 0 Å². The van der Waals surface area contributed by atoms with Gasteiger partial charge < -0.3 is 4.74 Å². The van der Waals surface area contributed by atoms with E-state index in [4.69, 9.17) is 0 Å². The van der Waals surface area contributed by atoms with Crippen molar-refractivity contribution in [3.05, 3.63) is 24.3 Å². The summed E-state index contributed by atoms with van der Waals surface area (Å²) in [6, 6.07) is 0. The van der Waals surface area contributed by atoms with Crippen molar-refractivity contribution in [3.63, 3.8) is 0 Å². The lowest BCUT2D eigenvalue weighted by molar-refractivity contribution is -0.140. The summed E-state index contributed by atoms with van der Waals surface area (Å²) in [5, 5.41) is 0. The number of rotatable bonds is 13. The smallest absolute Gasteiger partial charge is 0.305 e. The molecule has 140 valence electrons. The van der Waals surface area contributed by atoms with Crippen LogP contribution in [0.15, 0.2) is 24.3 Å². The Morgan fingerprint density at radius 3 is 2.52 bits per heavy atom. The number of ether oxygens (including phenoxy) is 1. The molecule has 0 saturated carbocycles. The Bertz CT molecular complexity index is 490. The van der Waals surface area contributed by atoms with Gasteiger partial charge in [-0.1, -0.05) is 50.8 Å². The molecule has 0 aromatic carbocycles. The Morgan fingerprint density at radius 1 is 1.08 bits per heavy atom. The zero-order chi connectivity index (χ0) is 18.5. The molecule has 0 amide bonds. The van der Waals surface area contributed by atoms with E-state index in [0.29, 0.717) is 19.3 Å². The predicted molar refractivity (Wildman–Crippen MR) is 99.1 cm³/mol. The van der Waals surface area contributed by atoms with E-state index in [-0.39, 0.29) is 23.5 Å². The molecule has 2 atom stereocenters. The summed E-state index contributed by atoms with van der Waals surface area (Å²) in [6.45, 7) is 2.19. The second-order valence-electron chi connectivity index (χ2n) is 6.70. The molecule has 0 radical (unpaired) electrons. The predicted octanol–water partition coefficient (Wildman–Crippen LogP) is 4.58. The van der Waals surface area contributed by atoms with Gasteiger partial charge in [-0.05, 0) is 31.8 Å². The number of esters is 1. The van der Waals surface area contributed by atoms with E-state index in [9.17, 15) is 14.4 Å². The van der Waals surface area contributed by atoms with Crippen molar-refractivity contribution in [3.8, 4) is 0 Å². The molecule has 1 aliphatic carbocycles. The molecule has 0 saturated heterocycles. The first-order chi connectivity index (χ1) is 12.1. The van der Waals surface area contributed by atoms with Crippen molar-refractivity contribution in [1.29, 1.82) is 0 Å². The first-order valence-electron chi connectivity index (χ1n) is 9.58. The van der Waals surface area contributed by atoms with Gasteiger partial charge in [-0.2, -0.15) is 0 Å². The number of carbonyl (C=O) groups excluding carboxylic acids is 3. The quantitative estimate of drug-likeness (QED) is 0.212. The number of allylic oxidation sites excluding steroid dienone is 4. The van der Waals surface area contributed by atoms with Gasteiger partial charge in [0, 0.05) is 18.8 Å². The van der Waals surface area contributed by atoms with Crippen LogP contribution in [0.4, 0.5) is 0 Å². The molecule has 1 aliphatic rings. The standard InChI is InChI=1S/C21H32O4/c1-3-4-5-6-7-9-12-17-15-16-19(23)21(17)18(22)13-10-8-11-14-20(24)25-2/h9,12,15-17,21H,3-8,10-11,13-14H2,1-2H3. The molecule has 0 spiro atoms. The fraction of sp³-hybridized carbons (Fsp3) is 0.667. The first-order valence-corrected chi connectivity index (χ1v) is 9.58. The number of methoxy groups -OCH3 is 1. The van der Waals surface area contributed by atoms with Gasteiger partial charge in [-0.25, -0.2) is 0 Å².